The summed E-state index contributed by atoms with van der Waals surface area (Å²) in [6, 6.07) is 26.7. The van der Waals surface area contributed by atoms with Crippen molar-refractivity contribution in [2.45, 2.75) is 80.6 Å². The maximum Gasteiger partial charge on any atom is -0.0408 e. The van der Waals surface area contributed by atoms with Crippen LogP contribution in [0.25, 0.3) is 32.3 Å². The average Bonchev–Trinajstić information content (AvgIpc) is 3.63. The Labute approximate surface area is 298 Å². The molecule has 0 N–H and O–H groups in total. The van der Waals surface area contributed by atoms with Crippen molar-refractivity contribution >= 4 is 35.5 Å². The molecule has 4 bridgehead atoms. The second-order valence-electron chi connectivity index (χ2n) is 15.7. The summed E-state index contributed by atoms with van der Waals surface area (Å²) in [6.45, 7) is 15.8. The molecule has 5 aromatic rings. The van der Waals surface area contributed by atoms with Crippen LogP contribution < -0.4 is 0 Å². The minimum Gasteiger partial charge on any atom is -0.126 e. The molecule has 0 spiro atoms. The molecule has 0 amide bonds. The van der Waals surface area contributed by atoms with Gasteiger partial charge in [0.2, 0.25) is 0 Å². The van der Waals surface area contributed by atoms with E-state index in [1.807, 2.05) is 0 Å². The van der Waals surface area contributed by atoms with Gasteiger partial charge in [-0.2, -0.15) is 11.6 Å². The number of benzene rings is 4. The van der Waals surface area contributed by atoms with Gasteiger partial charge in [-0.3, -0.25) is 6.08 Å². The number of hydrogen-bond acceptors (Lipinski definition) is 0. The first-order chi connectivity index (χ1) is 22.5. The predicted molar refractivity (Wildman–Crippen MR) is 200 cm³/mol. The number of hydrogen-bond donors (Lipinski definition) is 0. The quantitative estimate of drug-likeness (QED) is 0.161. The summed E-state index contributed by atoms with van der Waals surface area (Å²) in [5.74, 6) is 4.68. The molecule has 0 aromatic heterocycles. The van der Waals surface area contributed by atoms with Gasteiger partial charge < -0.3 is 0 Å². The zero-order valence-corrected chi connectivity index (χ0v) is 32.0. The Morgan fingerprint density at radius 1 is 0.723 bits per heavy atom. The Bertz CT molecular complexity index is 1950. The van der Waals surface area contributed by atoms with Gasteiger partial charge in [0.15, 0.2) is 0 Å². The Morgan fingerprint density at radius 2 is 1.26 bits per heavy atom. The van der Waals surface area contributed by atoms with Crippen LogP contribution in [0.4, 0.5) is 0 Å². The monoisotopic (exact) mass is 692 g/mol. The normalized spacial score (nSPS) is 27.1. The van der Waals surface area contributed by atoms with Crippen LogP contribution in [0.5, 0.6) is 0 Å². The maximum atomic E-state index is 3.49. The summed E-state index contributed by atoms with van der Waals surface area (Å²) in [6.07, 6.45) is 15.9. The van der Waals surface area contributed by atoms with Gasteiger partial charge in [0, 0.05) is 0 Å². The molecule has 1 atom stereocenters. The Balaban J connectivity index is 0.000000113. The van der Waals surface area contributed by atoms with Crippen LogP contribution in [0.3, 0.4) is 0 Å². The van der Waals surface area contributed by atoms with Crippen LogP contribution in [0.2, 0.25) is 0 Å². The van der Waals surface area contributed by atoms with E-state index in [2.05, 4.69) is 139 Å². The molecule has 0 nitrogen and oxygen atoms in total. The molecule has 1 unspecified atom stereocenters. The van der Waals surface area contributed by atoms with Gasteiger partial charge in [0.05, 0.1) is 0 Å². The molecule has 0 aliphatic heterocycles. The van der Waals surface area contributed by atoms with E-state index in [0.29, 0.717) is 11.3 Å². The second kappa shape index (κ2) is 12.9. The fraction of sp³-hybridized carbons (Fsp3) is 0.391. The van der Waals surface area contributed by atoms with Crippen LogP contribution in [-0.4, -0.2) is 3.21 Å². The summed E-state index contributed by atoms with van der Waals surface area (Å²) in [5, 5.41) is 8.18. The van der Waals surface area contributed by atoms with Crippen molar-refractivity contribution in [3.63, 3.8) is 0 Å². The number of allylic oxidation sites excluding steroid dienone is 4. The standard InChI is InChI=1S/C17H23.C17H17.C12H10.Zr/c1-11-3-4-14(5-11)17(2)15-7-12-6-13(9-15)10-16(17)8-12;1-10-5-14-9-15-6-11(2)13(4)8-17(15)16(14)7-12(10)3;1-2-10-7-8-11-5-3-4-6-12(11)9-10;/h4-5,11-13,15-16H,6-10H2,1-2H3;5-9H,1-4H3;3-9H,1H3;/q2*-1;;+2. The first-order valence-corrected chi connectivity index (χ1v) is 19.2. The fourth-order valence-corrected chi connectivity index (χ4v) is 9.91. The van der Waals surface area contributed by atoms with E-state index in [1.165, 1.54) is 113 Å². The van der Waals surface area contributed by atoms with Gasteiger partial charge in [-0.1, -0.05) is 59.6 Å². The summed E-state index contributed by atoms with van der Waals surface area (Å²) in [7, 11) is 0. The van der Waals surface area contributed by atoms with Crippen molar-refractivity contribution in [1.29, 1.82) is 0 Å². The molecular formula is C46H50Zr. The number of fused-ring (bicyclic) bond motifs is 4. The Kier molecular flexibility index (Phi) is 9.02. The summed E-state index contributed by atoms with van der Waals surface area (Å²) in [4.78, 5) is 0. The molecule has 4 fully saturated rings. The van der Waals surface area contributed by atoms with E-state index in [0.717, 1.165) is 23.7 Å². The fourth-order valence-electron chi connectivity index (χ4n) is 9.53. The van der Waals surface area contributed by atoms with Gasteiger partial charge in [0.1, 0.15) is 0 Å². The van der Waals surface area contributed by atoms with Crippen molar-refractivity contribution < 1.29 is 24.2 Å². The van der Waals surface area contributed by atoms with Crippen molar-refractivity contribution in [2.75, 3.05) is 0 Å². The van der Waals surface area contributed by atoms with Crippen molar-refractivity contribution in [3.8, 4) is 0 Å². The molecule has 5 aromatic carbocycles. The minimum atomic E-state index is 0.505. The first kappa shape index (κ1) is 32.8. The van der Waals surface area contributed by atoms with E-state index < -0.39 is 0 Å². The first-order valence-electron chi connectivity index (χ1n) is 17.9. The number of aryl methyl sites for hydroxylation is 4. The van der Waals surface area contributed by atoms with E-state index in [4.69, 9.17) is 0 Å². The van der Waals surface area contributed by atoms with Gasteiger partial charge >= 0.3 is 93.2 Å². The Morgan fingerprint density at radius 3 is 1.77 bits per heavy atom. The van der Waals surface area contributed by atoms with E-state index >= 15 is 0 Å². The third kappa shape index (κ3) is 6.28. The molecule has 4 saturated carbocycles. The molecule has 0 radical (unpaired) electrons. The summed E-state index contributed by atoms with van der Waals surface area (Å²) < 4.78 is 1.46. The SMILES string of the molecule is CC1[C-]=CC(C2(C)C3CC4CC(C3)CC2C4)=C1.C[C](=[Zr+2])c1ccc2ccccc2c1.Cc1cc2[cH-]c3cc(C)c(C)cc3c2cc1C. The van der Waals surface area contributed by atoms with Gasteiger partial charge in [-0.05, 0) is 83.5 Å². The van der Waals surface area contributed by atoms with Crippen LogP contribution in [0.15, 0.2) is 90.5 Å². The minimum absolute atomic E-state index is 0.505. The van der Waals surface area contributed by atoms with Gasteiger partial charge in [-0.25, -0.2) is 6.08 Å². The van der Waals surface area contributed by atoms with E-state index in [-0.39, 0.29) is 0 Å². The third-order valence-corrected chi connectivity index (χ3v) is 13.2. The van der Waals surface area contributed by atoms with Gasteiger partial charge in [0.25, 0.3) is 0 Å². The predicted octanol–water partition coefficient (Wildman–Crippen LogP) is 12.3. The van der Waals surface area contributed by atoms with Crippen molar-refractivity contribution in [2.24, 2.45) is 35.0 Å². The molecule has 5 aliphatic rings. The second-order valence-corrected chi connectivity index (χ2v) is 17.5. The molecule has 47 heavy (non-hydrogen) atoms. The smallest absolute Gasteiger partial charge is 0.0408 e. The molecule has 238 valence electrons. The maximum absolute atomic E-state index is 3.49. The summed E-state index contributed by atoms with van der Waals surface area (Å²) >= 11 is 1.50. The largest absolute Gasteiger partial charge is 0.126 e. The number of rotatable bonds is 2. The molecule has 0 heterocycles. The van der Waals surface area contributed by atoms with Crippen LogP contribution >= 0.6 is 0 Å². The van der Waals surface area contributed by atoms with Crippen molar-refractivity contribution in [1.82, 2.24) is 0 Å². The van der Waals surface area contributed by atoms with Gasteiger partial charge in [-0.15, -0.1) is 39.7 Å². The molecule has 5 aliphatic carbocycles. The average molecular weight is 694 g/mol. The third-order valence-electron chi connectivity index (χ3n) is 12.5. The molecule has 0 saturated heterocycles. The zero-order valence-electron chi connectivity index (χ0n) is 29.5. The van der Waals surface area contributed by atoms with Crippen molar-refractivity contribution in [3.05, 3.63) is 124 Å². The van der Waals surface area contributed by atoms with Crippen LogP contribution in [0, 0.1) is 68.8 Å². The van der Waals surface area contributed by atoms with Crippen LogP contribution in [0.1, 0.15) is 80.7 Å². The van der Waals surface area contributed by atoms with E-state index in [9.17, 15) is 0 Å². The Hall–Kier alpha value is -2.76. The molecule has 1 heteroatoms. The zero-order chi connectivity index (χ0) is 33.0. The molecule has 10 rings (SSSR count). The summed E-state index contributed by atoms with van der Waals surface area (Å²) in [5.41, 5.74) is 9.02. The van der Waals surface area contributed by atoms with E-state index in [1.54, 1.807) is 12.0 Å². The molecular weight excluding hydrogens is 644 g/mol. The topological polar surface area (TPSA) is 0 Å². The van der Waals surface area contributed by atoms with Crippen LogP contribution in [-0.2, 0) is 24.2 Å².